The van der Waals surface area contributed by atoms with Crippen molar-refractivity contribution in [2.75, 3.05) is 55.7 Å². The van der Waals surface area contributed by atoms with E-state index in [4.69, 9.17) is 9.47 Å². The third kappa shape index (κ3) is 7.17. The standard InChI is InChI=1S/C47H49N5O7/c53-35-11-13-38-31(22-35)8-12-37(29-4-2-1-3-5-29)45(38)30-6-9-33(10-7-30)50-18-16-36(17-19-50)59-44(55)27-49-20-21-51-34(26-49)28-58-42-24-39-32(23-41(42)51)25-52(47(39)57)40-14-15-43(54)48-46(40)56/h1-7,9-11,13,22-24,34,36-37,40,45,53H,8,12,14-21,25-28H2,(H,48,54,56)/t34-,37+,40?,45-/m0/s1. The second-order valence-electron chi connectivity index (χ2n) is 17.0. The molecule has 5 heterocycles. The fourth-order valence-electron chi connectivity index (χ4n) is 10.4. The second-order valence-corrected chi connectivity index (χ2v) is 17.0. The van der Waals surface area contributed by atoms with Crippen LogP contribution in [0.1, 0.15) is 82.1 Å². The number of hydrogen-bond donors (Lipinski definition) is 2. The average molecular weight is 796 g/mol. The van der Waals surface area contributed by atoms with Crippen LogP contribution in [0.3, 0.4) is 0 Å². The molecule has 2 N–H and O–H groups in total. The molecule has 4 aromatic rings. The van der Waals surface area contributed by atoms with E-state index >= 15 is 0 Å². The van der Waals surface area contributed by atoms with Crippen molar-refractivity contribution in [2.24, 2.45) is 0 Å². The van der Waals surface area contributed by atoms with Crippen LogP contribution >= 0.6 is 0 Å². The Balaban J connectivity index is 0.724. The molecule has 3 saturated heterocycles. The number of imide groups is 1. The summed E-state index contributed by atoms with van der Waals surface area (Å²) < 4.78 is 12.2. The van der Waals surface area contributed by atoms with Crippen LogP contribution in [0, 0.1) is 0 Å². The highest BCUT2D eigenvalue weighted by molar-refractivity contribution is 6.06. The minimum absolute atomic E-state index is 0.0468. The highest BCUT2D eigenvalue weighted by Gasteiger charge is 2.42. The average Bonchev–Trinajstić information content (AvgIpc) is 3.57. The fraction of sp³-hybridized carbons (Fsp3) is 0.404. The van der Waals surface area contributed by atoms with Crippen molar-refractivity contribution in [1.82, 2.24) is 15.1 Å². The second kappa shape index (κ2) is 15.4. The quantitative estimate of drug-likeness (QED) is 0.192. The van der Waals surface area contributed by atoms with E-state index in [-0.39, 0.29) is 48.8 Å². The monoisotopic (exact) mass is 795 g/mol. The van der Waals surface area contributed by atoms with Crippen molar-refractivity contribution >= 4 is 35.1 Å². The number of aromatic hydroxyl groups is 1. The van der Waals surface area contributed by atoms with Gasteiger partial charge >= 0.3 is 5.97 Å². The Morgan fingerprint density at radius 2 is 1.63 bits per heavy atom. The smallest absolute Gasteiger partial charge is 0.320 e. The van der Waals surface area contributed by atoms with Gasteiger partial charge in [-0.3, -0.25) is 29.4 Å². The maximum Gasteiger partial charge on any atom is 0.320 e. The number of esters is 1. The largest absolute Gasteiger partial charge is 0.508 e. The van der Waals surface area contributed by atoms with Crippen LogP contribution in [-0.4, -0.2) is 103 Å². The molecule has 0 bridgehead atoms. The zero-order chi connectivity index (χ0) is 40.2. The van der Waals surface area contributed by atoms with Crippen LogP contribution in [0.25, 0.3) is 0 Å². The molecule has 1 unspecified atom stereocenters. The lowest BCUT2D eigenvalue weighted by Crippen LogP contribution is -2.58. The number of benzene rings is 4. The van der Waals surface area contributed by atoms with Crippen LogP contribution in [-0.2, 0) is 32.1 Å². The summed E-state index contributed by atoms with van der Waals surface area (Å²) >= 11 is 0. The number of carbonyl (C=O) groups is 4. The van der Waals surface area contributed by atoms with Gasteiger partial charge < -0.3 is 29.3 Å². The molecule has 5 aliphatic heterocycles. The van der Waals surface area contributed by atoms with Crippen molar-refractivity contribution < 1.29 is 33.8 Å². The van der Waals surface area contributed by atoms with E-state index in [0.717, 1.165) is 50.0 Å². The van der Waals surface area contributed by atoms with E-state index < -0.39 is 11.9 Å². The predicted octanol–water partition coefficient (Wildman–Crippen LogP) is 5.11. The minimum atomic E-state index is -0.662. The summed E-state index contributed by atoms with van der Waals surface area (Å²) in [7, 11) is 0. The van der Waals surface area contributed by atoms with Crippen LogP contribution < -0.4 is 19.9 Å². The van der Waals surface area contributed by atoms with Crippen molar-refractivity contribution in [1.29, 1.82) is 0 Å². The van der Waals surface area contributed by atoms with Gasteiger partial charge in [-0.15, -0.1) is 0 Å². The van der Waals surface area contributed by atoms with Gasteiger partial charge in [-0.25, -0.2) is 0 Å². The maximum absolute atomic E-state index is 13.3. The zero-order valence-electron chi connectivity index (χ0n) is 33.1. The number of carbonyl (C=O) groups excluding carboxylic acids is 4. The third-order valence-corrected chi connectivity index (χ3v) is 13.4. The van der Waals surface area contributed by atoms with Crippen LogP contribution in [0.5, 0.6) is 11.5 Å². The Morgan fingerprint density at radius 3 is 2.42 bits per heavy atom. The number of phenolic OH excluding ortho intramolecular Hbond substituents is 1. The molecule has 10 rings (SSSR count). The van der Waals surface area contributed by atoms with Crippen LogP contribution in [0.2, 0.25) is 0 Å². The summed E-state index contributed by atoms with van der Waals surface area (Å²) in [5.41, 5.74) is 8.64. The number of aryl methyl sites for hydroxylation is 1. The van der Waals surface area contributed by atoms with Gasteiger partial charge in [0.15, 0.2) is 0 Å². The topological polar surface area (TPSA) is 132 Å². The highest BCUT2D eigenvalue weighted by atomic mass is 16.5. The molecule has 59 heavy (non-hydrogen) atoms. The molecule has 0 aromatic heterocycles. The van der Waals surface area contributed by atoms with Gasteiger partial charge in [0.25, 0.3) is 5.91 Å². The first-order chi connectivity index (χ1) is 28.8. The maximum atomic E-state index is 13.3. The number of anilines is 2. The molecule has 3 amide bonds. The molecule has 0 spiro atoms. The number of piperazine rings is 1. The van der Waals surface area contributed by atoms with Gasteiger partial charge in [0, 0.05) is 75.7 Å². The molecule has 12 heteroatoms. The first-order valence-corrected chi connectivity index (χ1v) is 21.1. The molecular weight excluding hydrogens is 747 g/mol. The molecular formula is C47H49N5O7. The number of nitrogens with zero attached hydrogens (tertiary/aromatic N) is 4. The van der Waals surface area contributed by atoms with E-state index in [0.29, 0.717) is 62.2 Å². The van der Waals surface area contributed by atoms with Crippen LogP contribution in [0.4, 0.5) is 11.4 Å². The Bertz CT molecular complexity index is 2290. The number of phenols is 1. The van der Waals surface area contributed by atoms with E-state index in [1.54, 1.807) is 11.0 Å². The first kappa shape index (κ1) is 37.4. The number of hydrogen-bond acceptors (Lipinski definition) is 10. The molecule has 1 aliphatic carbocycles. The van der Waals surface area contributed by atoms with Crippen molar-refractivity contribution in [2.45, 2.75) is 75.1 Å². The number of amides is 3. The van der Waals surface area contributed by atoms with Gasteiger partial charge in [-0.1, -0.05) is 48.5 Å². The lowest BCUT2D eigenvalue weighted by Gasteiger charge is -2.45. The predicted molar refractivity (Wildman–Crippen MR) is 221 cm³/mol. The summed E-state index contributed by atoms with van der Waals surface area (Å²) in [4.78, 5) is 59.2. The zero-order valence-corrected chi connectivity index (χ0v) is 33.1. The first-order valence-electron chi connectivity index (χ1n) is 21.1. The summed E-state index contributed by atoms with van der Waals surface area (Å²) in [6, 6.07) is 28.8. The van der Waals surface area contributed by atoms with Gasteiger partial charge in [0.05, 0.1) is 18.3 Å². The van der Waals surface area contributed by atoms with E-state index in [9.17, 15) is 24.3 Å². The van der Waals surface area contributed by atoms with E-state index in [1.807, 2.05) is 18.2 Å². The normalized spacial score (nSPS) is 24.4. The summed E-state index contributed by atoms with van der Waals surface area (Å²) in [5, 5.41) is 12.6. The lowest BCUT2D eigenvalue weighted by molar-refractivity contribution is -0.151. The molecule has 6 aliphatic rings. The fourth-order valence-corrected chi connectivity index (χ4v) is 10.4. The summed E-state index contributed by atoms with van der Waals surface area (Å²) in [5.74, 6) is 0.402. The van der Waals surface area contributed by atoms with Crippen molar-refractivity contribution in [3.05, 3.63) is 118 Å². The van der Waals surface area contributed by atoms with Gasteiger partial charge in [-0.2, -0.15) is 0 Å². The molecule has 304 valence electrons. The number of piperidine rings is 2. The molecule has 12 nitrogen and oxygen atoms in total. The van der Waals surface area contributed by atoms with Gasteiger partial charge in [-0.05, 0) is 89.4 Å². The number of nitrogens with one attached hydrogen (secondary N) is 1. The molecule has 4 atom stereocenters. The van der Waals surface area contributed by atoms with Crippen molar-refractivity contribution in [3.63, 3.8) is 0 Å². The molecule has 0 radical (unpaired) electrons. The minimum Gasteiger partial charge on any atom is -0.508 e. The highest BCUT2D eigenvalue weighted by Crippen LogP contribution is 2.47. The SMILES string of the molecule is O=C1CCC(N2Cc3cc4c(cc3C2=O)OC[C@@H]2CN(CC(=O)OC3CCN(c5ccc([C@@H]6c7ccc(O)cc7CC[C@@H]6c6ccccc6)cc5)CC3)CCN42)C(=O)N1. The van der Waals surface area contributed by atoms with Gasteiger partial charge in [0.2, 0.25) is 11.8 Å². The number of rotatable bonds is 7. The molecule has 4 aromatic carbocycles. The van der Waals surface area contributed by atoms with Crippen molar-refractivity contribution in [3.8, 4) is 11.5 Å². The number of ether oxygens (including phenoxy) is 2. The summed E-state index contributed by atoms with van der Waals surface area (Å²) in [6.07, 6.45) is 3.95. The lowest BCUT2D eigenvalue weighted by atomic mass is 9.69. The molecule has 0 saturated carbocycles. The van der Waals surface area contributed by atoms with E-state index in [1.165, 1.54) is 27.9 Å². The molecule has 3 fully saturated rings. The van der Waals surface area contributed by atoms with E-state index in [2.05, 4.69) is 80.7 Å². The summed E-state index contributed by atoms with van der Waals surface area (Å²) in [6.45, 7) is 4.66. The third-order valence-electron chi connectivity index (χ3n) is 13.4. The Morgan fingerprint density at radius 1 is 0.814 bits per heavy atom. The Hall–Kier alpha value is -5.88. The van der Waals surface area contributed by atoms with Crippen LogP contribution in [0.15, 0.2) is 84.9 Å². The number of fused-ring (bicyclic) bond motifs is 5. The Kier molecular flexibility index (Phi) is 9.74. The van der Waals surface area contributed by atoms with Gasteiger partial charge in [0.1, 0.15) is 30.3 Å². The Labute approximate surface area is 343 Å².